The van der Waals surface area contributed by atoms with Crippen LogP contribution in [-0.2, 0) is 0 Å². The molecule has 0 radical (unpaired) electrons. The highest BCUT2D eigenvalue weighted by atomic mass is 16.3. The molecule has 2 aromatic heterocycles. The molecule has 1 aliphatic rings. The molecule has 1 fully saturated rings. The van der Waals surface area contributed by atoms with Crippen LogP contribution in [0.2, 0.25) is 0 Å². The number of furan rings is 1. The van der Waals surface area contributed by atoms with Crippen LogP contribution in [0.15, 0.2) is 53.1 Å². The van der Waals surface area contributed by atoms with Crippen LogP contribution in [0, 0.1) is 6.92 Å². The van der Waals surface area contributed by atoms with Gasteiger partial charge in [-0.05, 0) is 57.5 Å². The zero-order chi connectivity index (χ0) is 20.2. The summed E-state index contributed by atoms with van der Waals surface area (Å²) < 4.78 is 7.49. The number of carbonyl (C=O) groups is 1. The predicted molar refractivity (Wildman–Crippen MR) is 113 cm³/mol. The Morgan fingerprint density at radius 3 is 2.76 bits per heavy atom. The number of hydrogen-bond acceptors (Lipinski definition) is 4. The SMILES string of the molecule is Cc1ccc(-c2nn(-c3ccccc3)cc2C(=O)NCCN2CCCCC2C)o1. The van der Waals surface area contributed by atoms with Crippen molar-refractivity contribution in [3.8, 4) is 17.1 Å². The third kappa shape index (κ3) is 4.43. The molecule has 0 bridgehead atoms. The Balaban J connectivity index is 1.53. The van der Waals surface area contributed by atoms with Crippen molar-refractivity contribution in [1.82, 2.24) is 20.0 Å². The fraction of sp³-hybridized carbons (Fsp3) is 0.391. The Bertz CT molecular complexity index is 960. The molecular weight excluding hydrogens is 364 g/mol. The number of hydrogen-bond donors (Lipinski definition) is 1. The van der Waals surface area contributed by atoms with Crippen molar-refractivity contribution in [2.24, 2.45) is 0 Å². The summed E-state index contributed by atoms with van der Waals surface area (Å²) in [5.41, 5.74) is 1.99. The summed E-state index contributed by atoms with van der Waals surface area (Å²) in [4.78, 5) is 15.4. The molecule has 1 atom stereocenters. The molecule has 0 saturated carbocycles. The van der Waals surface area contributed by atoms with Gasteiger partial charge in [0.1, 0.15) is 11.5 Å². The third-order valence-electron chi connectivity index (χ3n) is 5.58. The molecule has 4 rings (SSSR count). The fourth-order valence-electron chi connectivity index (χ4n) is 3.89. The normalized spacial score (nSPS) is 17.4. The maximum absolute atomic E-state index is 13.0. The van der Waals surface area contributed by atoms with E-state index >= 15 is 0 Å². The predicted octanol–water partition coefficient (Wildman–Crippen LogP) is 4.04. The Kier molecular flexibility index (Phi) is 5.81. The van der Waals surface area contributed by atoms with Crippen molar-refractivity contribution < 1.29 is 9.21 Å². The molecule has 3 aromatic rings. The minimum atomic E-state index is -0.124. The molecule has 1 aliphatic heterocycles. The van der Waals surface area contributed by atoms with E-state index < -0.39 is 0 Å². The molecule has 0 aliphatic carbocycles. The summed E-state index contributed by atoms with van der Waals surface area (Å²) in [6.07, 6.45) is 5.56. The Morgan fingerprint density at radius 1 is 1.21 bits per heavy atom. The number of nitrogens with one attached hydrogen (secondary N) is 1. The molecule has 0 spiro atoms. The zero-order valence-electron chi connectivity index (χ0n) is 17.1. The number of aromatic nitrogens is 2. The van der Waals surface area contributed by atoms with E-state index in [-0.39, 0.29) is 5.91 Å². The maximum Gasteiger partial charge on any atom is 0.255 e. The van der Waals surface area contributed by atoms with E-state index in [0.29, 0.717) is 29.6 Å². The second kappa shape index (κ2) is 8.66. The van der Waals surface area contributed by atoms with Crippen LogP contribution >= 0.6 is 0 Å². The van der Waals surface area contributed by atoms with E-state index in [4.69, 9.17) is 4.42 Å². The average Bonchev–Trinajstić information content (AvgIpc) is 3.36. The Hall–Kier alpha value is -2.86. The van der Waals surface area contributed by atoms with E-state index in [2.05, 4.69) is 22.2 Å². The van der Waals surface area contributed by atoms with Crippen molar-refractivity contribution in [1.29, 1.82) is 0 Å². The summed E-state index contributed by atoms with van der Waals surface area (Å²) in [6, 6.07) is 14.1. The van der Waals surface area contributed by atoms with Gasteiger partial charge in [-0.1, -0.05) is 24.6 Å². The van der Waals surface area contributed by atoms with Crippen LogP contribution in [-0.4, -0.2) is 46.3 Å². The topological polar surface area (TPSA) is 63.3 Å². The summed E-state index contributed by atoms with van der Waals surface area (Å²) in [7, 11) is 0. The molecule has 1 unspecified atom stereocenters. The number of para-hydroxylation sites is 1. The van der Waals surface area contributed by atoms with Gasteiger partial charge >= 0.3 is 0 Å². The minimum absolute atomic E-state index is 0.124. The molecule has 29 heavy (non-hydrogen) atoms. The molecule has 3 heterocycles. The van der Waals surface area contributed by atoms with Crippen molar-refractivity contribution in [2.75, 3.05) is 19.6 Å². The molecule has 152 valence electrons. The minimum Gasteiger partial charge on any atom is -0.460 e. The average molecular weight is 393 g/mol. The summed E-state index contributed by atoms with van der Waals surface area (Å²) >= 11 is 0. The number of benzene rings is 1. The maximum atomic E-state index is 13.0. The van der Waals surface area contributed by atoms with Gasteiger partial charge in [0.25, 0.3) is 5.91 Å². The van der Waals surface area contributed by atoms with Crippen LogP contribution in [0.4, 0.5) is 0 Å². The van der Waals surface area contributed by atoms with Crippen molar-refractivity contribution >= 4 is 5.91 Å². The van der Waals surface area contributed by atoms with Gasteiger partial charge in [0.15, 0.2) is 5.76 Å². The molecule has 6 nitrogen and oxygen atoms in total. The van der Waals surface area contributed by atoms with Crippen LogP contribution in [0.1, 0.15) is 42.3 Å². The Morgan fingerprint density at radius 2 is 2.03 bits per heavy atom. The first-order valence-corrected chi connectivity index (χ1v) is 10.4. The first kappa shape index (κ1) is 19.5. The van der Waals surface area contributed by atoms with Crippen LogP contribution in [0.25, 0.3) is 17.1 Å². The lowest BCUT2D eigenvalue weighted by Crippen LogP contribution is -2.42. The van der Waals surface area contributed by atoms with Gasteiger partial charge in [-0.2, -0.15) is 5.10 Å². The van der Waals surface area contributed by atoms with Gasteiger partial charge in [-0.15, -0.1) is 0 Å². The van der Waals surface area contributed by atoms with Crippen molar-refractivity contribution in [3.05, 3.63) is 60.0 Å². The molecule has 1 amide bonds. The smallest absolute Gasteiger partial charge is 0.255 e. The zero-order valence-corrected chi connectivity index (χ0v) is 17.1. The van der Waals surface area contributed by atoms with Gasteiger partial charge in [0.05, 0.1) is 11.3 Å². The van der Waals surface area contributed by atoms with E-state index in [1.165, 1.54) is 19.3 Å². The van der Waals surface area contributed by atoms with Gasteiger partial charge in [0, 0.05) is 25.3 Å². The largest absolute Gasteiger partial charge is 0.460 e. The van der Waals surface area contributed by atoms with E-state index in [1.807, 2.05) is 49.4 Å². The van der Waals surface area contributed by atoms with Crippen molar-refractivity contribution in [2.45, 2.75) is 39.2 Å². The second-order valence-electron chi connectivity index (χ2n) is 7.72. The second-order valence-corrected chi connectivity index (χ2v) is 7.72. The summed E-state index contributed by atoms with van der Waals surface area (Å²) in [5, 5.41) is 7.72. The van der Waals surface area contributed by atoms with Gasteiger partial charge in [-0.3, -0.25) is 9.69 Å². The van der Waals surface area contributed by atoms with E-state index in [1.54, 1.807) is 10.9 Å². The molecule has 1 aromatic carbocycles. The lowest BCUT2D eigenvalue weighted by atomic mass is 10.0. The number of amides is 1. The highest BCUT2D eigenvalue weighted by molar-refractivity contribution is 5.99. The third-order valence-corrected chi connectivity index (χ3v) is 5.58. The standard InChI is InChI=1S/C23H28N4O2/c1-17-8-6-7-14-26(17)15-13-24-23(28)20-16-27(19-9-4-3-5-10-19)25-22(20)21-12-11-18(2)29-21/h3-5,9-12,16-17H,6-8,13-15H2,1-2H3,(H,24,28). The monoisotopic (exact) mass is 392 g/mol. The molecule has 6 heteroatoms. The first-order chi connectivity index (χ1) is 14.1. The van der Waals surface area contributed by atoms with Crippen LogP contribution in [0.3, 0.4) is 0 Å². The summed E-state index contributed by atoms with van der Waals surface area (Å²) in [6.45, 7) is 6.75. The van der Waals surface area contributed by atoms with Gasteiger partial charge < -0.3 is 9.73 Å². The number of aryl methyl sites for hydroxylation is 1. The fourth-order valence-corrected chi connectivity index (χ4v) is 3.89. The van der Waals surface area contributed by atoms with Gasteiger partial charge in [-0.25, -0.2) is 4.68 Å². The first-order valence-electron chi connectivity index (χ1n) is 10.4. The Labute approximate surface area is 171 Å². The number of likely N-dealkylation sites (tertiary alicyclic amines) is 1. The number of piperidine rings is 1. The summed E-state index contributed by atoms with van der Waals surface area (Å²) in [5.74, 6) is 1.27. The molecule has 1 N–H and O–H groups in total. The van der Waals surface area contributed by atoms with Crippen LogP contribution in [0.5, 0.6) is 0 Å². The van der Waals surface area contributed by atoms with E-state index in [0.717, 1.165) is 24.5 Å². The number of rotatable bonds is 6. The van der Waals surface area contributed by atoms with E-state index in [9.17, 15) is 4.79 Å². The lowest BCUT2D eigenvalue weighted by Gasteiger charge is -2.33. The lowest BCUT2D eigenvalue weighted by molar-refractivity contribution is 0.0939. The quantitative estimate of drug-likeness (QED) is 0.688. The molecular formula is C23H28N4O2. The number of nitrogens with zero attached hydrogens (tertiary/aromatic N) is 3. The number of carbonyl (C=O) groups excluding carboxylic acids is 1. The van der Waals surface area contributed by atoms with Gasteiger partial charge in [0.2, 0.25) is 0 Å². The highest BCUT2D eigenvalue weighted by Crippen LogP contribution is 2.25. The van der Waals surface area contributed by atoms with Crippen LogP contribution < -0.4 is 5.32 Å². The van der Waals surface area contributed by atoms with Crippen molar-refractivity contribution in [3.63, 3.8) is 0 Å². The molecule has 1 saturated heterocycles. The highest BCUT2D eigenvalue weighted by Gasteiger charge is 2.22.